The normalized spacial score (nSPS) is 10.8. The van der Waals surface area contributed by atoms with Gasteiger partial charge in [0.15, 0.2) is 0 Å². The summed E-state index contributed by atoms with van der Waals surface area (Å²) >= 11 is 0. The van der Waals surface area contributed by atoms with Crippen molar-refractivity contribution in [3.63, 3.8) is 0 Å². The van der Waals surface area contributed by atoms with Crippen LogP contribution in [-0.2, 0) is 11.3 Å². The van der Waals surface area contributed by atoms with Crippen LogP contribution in [0.2, 0.25) is 0 Å². The summed E-state index contributed by atoms with van der Waals surface area (Å²) in [6.45, 7) is -0.173. The van der Waals surface area contributed by atoms with E-state index in [4.69, 9.17) is 5.73 Å². The van der Waals surface area contributed by atoms with Gasteiger partial charge >= 0.3 is 0 Å². The summed E-state index contributed by atoms with van der Waals surface area (Å²) in [6, 6.07) is 6.05. The van der Waals surface area contributed by atoms with Gasteiger partial charge < -0.3 is 5.73 Å². The number of amides is 1. The topological polar surface area (TPSA) is 111 Å². The average Bonchev–Trinajstić information content (AvgIpc) is 2.77. The molecule has 0 aliphatic heterocycles. The third kappa shape index (κ3) is 3.31. The SMILES string of the molecule is Nc1nnnn1CC(=O)NN=Cc1ccccc1F. The fraction of sp³-hybridized carbons (Fsp3) is 0.100. The van der Waals surface area contributed by atoms with Crippen molar-refractivity contribution in [3.8, 4) is 0 Å². The van der Waals surface area contributed by atoms with Crippen molar-refractivity contribution in [2.45, 2.75) is 6.54 Å². The molecule has 98 valence electrons. The van der Waals surface area contributed by atoms with Crippen molar-refractivity contribution in [3.05, 3.63) is 35.6 Å². The van der Waals surface area contributed by atoms with Crippen molar-refractivity contribution in [1.29, 1.82) is 0 Å². The number of nitrogens with zero attached hydrogens (tertiary/aromatic N) is 5. The molecule has 2 aromatic rings. The van der Waals surface area contributed by atoms with E-state index in [1.807, 2.05) is 0 Å². The molecule has 0 bridgehead atoms. The molecule has 0 atom stereocenters. The number of tetrazole rings is 1. The van der Waals surface area contributed by atoms with E-state index in [2.05, 4.69) is 26.1 Å². The van der Waals surface area contributed by atoms with Crippen molar-refractivity contribution < 1.29 is 9.18 Å². The molecule has 0 unspecified atom stereocenters. The Hall–Kier alpha value is -2.84. The number of nitrogen functional groups attached to an aromatic ring is 1. The molecule has 0 saturated heterocycles. The van der Waals surface area contributed by atoms with E-state index < -0.39 is 11.7 Å². The summed E-state index contributed by atoms with van der Waals surface area (Å²) in [4.78, 5) is 11.4. The van der Waals surface area contributed by atoms with Gasteiger partial charge in [0.05, 0.1) is 6.21 Å². The Labute approximate surface area is 107 Å². The Morgan fingerprint density at radius 3 is 3.00 bits per heavy atom. The molecule has 8 nitrogen and oxygen atoms in total. The molecule has 9 heteroatoms. The zero-order valence-corrected chi connectivity index (χ0v) is 9.69. The van der Waals surface area contributed by atoms with Crippen LogP contribution in [0.3, 0.4) is 0 Å². The lowest BCUT2D eigenvalue weighted by Gasteiger charge is -2.00. The van der Waals surface area contributed by atoms with Gasteiger partial charge in [0, 0.05) is 5.56 Å². The summed E-state index contributed by atoms with van der Waals surface area (Å²) in [5, 5.41) is 13.8. The Morgan fingerprint density at radius 1 is 1.53 bits per heavy atom. The van der Waals surface area contributed by atoms with Crippen LogP contribution in [0, 0.1) is 5.82 Å². The third-order valence-corrected chi connectivity index (χ3v) is 2.15. The van der Waals surface area contributed by atoms with E-state index in [-0.39, 0.29) is 18.1 Å². The lowest BCUT2D eigenvalue weighted by molar-refractivity contribution is -0.121. The maximum absolute atomic E-state index is 13.2. The highest BCUT2D eigenvalue weighted by molar-refractivity contribution is 5.82. The third-order valence-electron chi connectivity index (χ3n) is 2.15. The van der Waals surface area contributed by atoms with Gasteiger partial charge in [0.25, 0.3) is 5.91 Å². The average molecular weight is 263 g/mol. The first kappa shape index (κ1) is 12.6. The van der Waals surface area contributed by atoms with Crippen LogP contribution < -0.4 is 11.2 Å². The Kier molecular flexibility index (Phi) is 3.76. The molecule has 1 aromatic carbocycles. The number of anilines is 1. The minimum Gasteiger partial charge on any atom is -0.367 e. The molecule has 0 saturated carbocycles. The van der Waals surface area contributed by atoms with E-state index in [0.29, 0.717) is 0 Å². The van der Waals surface area contributed by atoms with Gasteiger partial charge in [-0.3, -0.25) is 4.79 Å². The fourth-order valence-corrected chi connectivity index (χ4v) is 1.25. The summed E-state index contributed by atoms with van der Waals surface area (Å²) in [5.41, 5.74) is 7.87. The van der Waals surface area contributed by atoms with Gasteiger partial charge in [0.2, 0.25) is 5.95 Å². The van der Waals surface area contributed by atoms with Crippen LogP contribution in [0.15, 0.2) is 29.4 Å². The minimum absolute atomic E-state index is 0.0215. The highest BCUT2D eigenvalue weighted by Crippen LogP contribution is 2.02. The first-order chi connectivity index (χ1) is 9.16. The van der Waals surface area contributed by atoms with Crippen molar-refractivity contribution in [2.24, 2.45) is 5.10 Å². The molecule has 0 aliphatic carbocycles. The van der Waals surface area contributed by atoms with Crippen molar-refractivity contribution >= 4 is 18.1 Å². The molecule has 2 rings (SSSR count). The van der Waals surface area contributed by atoms with Crippen LogP contribution in [-0.4, -0.2) is 32.3 Å². The summed E-state index contributed by atoms with van der Waals surface area (Å²) in [7, 11) is 0. The number of rotatable bonds is 4. The van der Waals surface area contributed by atoms with Gasteiger partial charge in [-0.1, -0.05) is 23.3 Å². The molecule has 1 aromatic heterocycles. The summed E-state index contributed by atoms with van der Waals surface area (Å²) < 4.78 is 14.3. The number of nitrogens with one attached hydrogen (secondary N) is 1. The zero-order chi connectivity index (χ0) is 13.7. The standard InChI is InChI=1S/C10H10FN7O/c11-8-4-2-1-3-7(8)5-13-14-9(19)6-18-10(12)15-16-17-18/h1-5H,6H2,(H,14,19)(H2,12,15,17). The Morgan fingerprint density at radius 2 is 2.32 bits per heavy atom. The Bertz CT molecular complexity index is 609. The predicted octanol–water partition coefficient (Wildman–Crippen LogP) is -0.455. The molecule has 0 aliphatic rings. The zero-order valence-electron chi connectivity index (χ0n) is 9.69. The molecule has 1 heterocycles. The van der Waals surface area contributed by atoms with Crippen LogP contribution in [0.25, 0.3) is 0 Å². The number of hydrogen-bond donors (Lipinski definition) is 2. The van der Waals surface area contributed by atoms with Crippen LogP contribution in [0.1, 0.15) is 5.56 Å². The molecule has 19 heavy (non-hydrogen) atoms. The number of carbonyl (C=O) groups is 1. The molecule has 0 fully saturated rings. The first-order valence-electron chi connectivity index (χ1n) is 5.25. The highest BCUT2D eigenvalue weighted by Gasteiger charge is 2.06. The van der Waals surface area contributed by atoms with Gasteiger partial charge in [-0.25, -0.2) is 14.5 Å². The van der Waals surface area contributed by atoms with Crippen LogP contribution in [0.5, 0.6) is 0 Å². The van der Waals surface area contributed by atoms with Crippen molar-refractivity contribution in [2.75, 3.05) is 5.73 Å². The van der Waals surface area contributed by atoms with Gasteiger partial charge in [0.1, 0.15) is 12.4 Å². The minimum atomic E-state index is -0.480. The second-order valence-corrected chi connectivity index (χ2v) is 3.51. The monoisotopic (exact) mass is 263 g/mol. The smallest absolute Gasteiger partial charge is 0.261 e. The lowest BCUT2D eigenvalue weighted by Crippen LogP contribution is -2.24. The molecule has 0 spiro atoms. The number of nitrogens with two attached hydrogens (primary N) is 1. The van der Waals surface area contributed by atoms with Crippen molar-refractivity contribution in [1.82, 2.24) is 25.6 Å². The number of aromatic nitrogens is 4. The number of halogens is 1. The number of carbonyl (C=O) groups excluding carboxylic acids is 1. The summed E-state index contributed by atoms with van der Waals surface area (Å²) in [6.07, 6.45) is 1.20. The molecular weight excluding hydrogens is 253 g/mol. The molecule has 1 amide bonds. The Balaban J connectivity index is 1.91. The van der Waals surface area contributed by atoms with Crippen LogP contribution >= 0.6 is 0 Å². The second-order valence-electron chi connectivity index (χ2n) is 3.51. The van der Waals surface area contributed by atoms with E-state index in [9.17, 15) is 9.18 Å². The van der Waals surface area contributed by atoms with Gasteiger partial charge in [-0.15, -0.1) is 0 Å². The largest absolute Gasteiger partial charge is 0.367 e. The molecule has 3 N–H and O–H groups in total. The van der Waals surface area contributed by atoms with E-state index in [0.717, 1.165) is 4.68 Å². The fourth-order valence-electron chi connectivity index (χ4n) is 1.25. The summed E-state index contributed by atoms with van der Waals surface area (Å²) in [5.74, 6) is -0.884. The predicted molar refractivity (Wildman–Crippen MR) is 64.4 cm³/mol. The number of hydrazone groups is 1. The van der Waals surface area contributed by atoms with E-state index in [1.54, 1.807) is 12.1 Å². The second kappa shape index (κ2) is 5.67. The number of hydrogen-bond acceptors (Lipinski definition) is 6. The van der Waals surface area contributed by atoms with E-state index in [1.165, 1.54) is 18.3 Å². The van der Waals surface area contributed by atoms with Gasteiger partial charge in [-0.05, 0) is 16.5 Å². The quantitative estimate of drug-likeness (QED) is 0.573. The molecular formula is C10H10FN7O. The highest BCUT2D eigenvalue weighted by atomic mass is 19.1. The van der Waals surface area contributed by atoms with Gasteiger partial charge in [-0.2, -0.15) is 5.10 Å². The van der Waals surface area contributed by atoms with E-state index >= 15 is 0 Å². The lowest BCUT2D eigenvalue weighted by atomic mass is 10.2. The molecule has 0 radical (unpaired) electrons. The maximum atomic E-state index is 13.2. The first-order valence-corrected chi connectivity index (χ1v) is 5.25. The number of benzene rings is 1. The van der Waals surface area contributed by atoms with Crippen LogP contribution in [0.4, 0.5) is 10.3 Å². The maximum Gasteiger partial charge on any atom is 0.261 e.